The normalized spacial score (nSPS) is 11.4. The van der Waals surface area contributed by atoms with Gasteiger partial charge in [0.25, 0.3) is 0 Å². The van der Waals surface area contributed by atoms with Gasteiger partial charge in [0, 0.05) is 21.1 Å². The molecule has 9 heteroatoms. The molecule has 2 aromatic carbocycles. The van der Waals surface area contributed by atoms with Gasteiger partial charge >= 0.3 is 6.18 Å². The number of nitrogens with one attached hydrogen (secondary N) is 2. The predicted octanol–water partition coefficient (Wildman–Crippen LogP) is 6.62. The largest absolute Gasteiger partial charge is 0.493 e. The third-order valence-electron chi connectivity index (χ3n) is 3.89. The fraction of sp³-hybridized carbons (Fsp3) is 0.238. The van der Waals surface area contributed by atoms with Crippen LogP contribution in [-0.4, -0.2) is 16.6 Å². The fourth-order valence-corrected chi connectivity index (χ4v) is 2.80. The lowest BCUT2D eigenvalue weighted by molar-refractivity contribution is -0.137. The minimum atomic E-state index is -4.59. The Morgan fingerprint density at radius 3 is 2.17 bits per heavy atom. The lowest BCUT2D eigenvalue weighted by Gasteiger charge is -2.15. The molecule has 0 atom stereocenters. The van der Waals surface area contributed by atoms with Gasteiger partial charge in [0.05, 0.1) is 6.61 Å². The Kier molecular flexibility index (Phi) is 7.01. The Bertz CT molecular complexity index is 977. The van der Waals surface area contributed by atoms with Crippen molar-refractivity contribution < 1.29 is 17.9 Å². The number of rotatable bonds is 7. The Morgan fingerprint density at radius 2 is 1.57 bits per heavy atom. The minimum absolute atomic E-state index is 0.0589. The third-order valence-corrected chi connectivity index (χ3v) is 4.61. The number of hydrogen-bond donors (Lipinski definition) is 2. The van der Waals surface area contributed by atoms with Crippen LogP contribution < -0.4 is 15.4 Å². The zero-order valence-electron chi connectivity index (χ0n) is 16.3. The molecule has 3 rings (SSSR count). The molecule has 0 unspecified atom stereocenters. The Hall–Kier alpha value is -2.56. The number of hydrogen-bond acceptors (Lipinski definition) is 5. The quantitative estimate of drug-likeness (QED) is 0.338. The molecule has 158 valence electrons. The number of halogens is 4. The van der Waals surface area contributed by atoms with Crippen LogP contribution in [0.3, 0.4) is 0 Å². The Balaban J connectivity index is 1.82. The van der Waals surface area contributed by atoms with Crippen LogP contribution in [0.5, 0.6) is 5.75 Å². The molecule has 0 spiro atoms. The monoisotopic (exact) mass is 528 g/mol. The molecule has 0 aliphatic heterocycles. The van der Waals surface area contributed by atoms with E-state index in [9.17, 15) is 13.2 Å². The van der Waals surface area contributed by atoms with Gasteiger partial charge in [-0.3, -0.25) is 0 Å². The van der Waals surface area contributed by atoms with E-state index >= 15 is 0 Å². The maximum absolute atomic E-state index is 13.4. The average Bonchev–Trinajstić information content (AvgIpc) is 2.68. The van der Waals surface area contributed by atoms with Crippen molar-refractivity contribution in [2.24, 2.45) is 5.92 Å². The molecule has 1 heterocycles. The van der Waals surface area contributed by atoms with E-state index in [0.717, 1.165) is 9.77 Å². The van der Waals surface area contributed by atoms with Crippen molar-refractivity contribution in [3.63, 3.8) is 0 Å². The summed E-state index contributed by atoms with van der Waals surface area (Å²) in [5.74, 6) is 0.746. The first-order valence-corrected chi connectivity index (χ1v) is 10.3. The molecule has 30 heavy (non-hydrogen) atoms. The van der Waals surface area contributed by atoms with Crippen molar-refractivity contribution in [2.45, 2.75) is 20.0 Å². The van der Waals surface area contributed by atoms with Crippen LogP contribution in [0.4, 0.5) is 36.3 Å². The first kappa shape index (κ1) is 22.1. The van der Waals surface area contributed by atoms with E-state index in [1.54, 1.807) is 36.4 Å². The molecule has 2 N–H and O–H groups in total. The highest BCUT2D eigenvalue weighted by Gasteiger charge is 2.35. The molecule has 0 radical (unpaired) electrons. The van der Waals surface area contributed by atoms with Crippen molar-refractivity contribution in [1.82, 2.24) is 9.97 Å². The van der Waals surface area contributed by atoms with Gasteiger partial charge in [-0.05, 0) is 77.0 Å². The third kappa shape index (κ3) is 6.22. The summed E-state index contributed by atoms with van der Waals surface area (Å²) >= 11 is 2.17. The summed E-state index contributed by atoms with van der Waals surface area (Å²) in [6.45, 7) is 4.63. The highest BCUT2D eigenvalue weighted by molar-refractivity contribution is 14.1. The van der Waals surface area contributed by atoms with E-state index in [1.165, 1.54) is 0 Å². The molecule has 0 bridgehead atoms. The van der Waals surface area contributed by atoms with Crippen molar-refractivity contribution >= 4 is 45.7 Å². The first-order valence-electron chi connectivity index (χ1n) is 9.17. The zero-order chi connectivity index (χ0) is 21.7. The second kappa shape index (κ2) is 9.50. The van der Waals surface area contributed by atoms with Crippen LogP contribution in [0.25, 0.3) is 0 Å². The van der Waals surface area contributed by atoms with Crippen molar-refractivity contribution in [3.05, 3.63) is 63.9 Å². The zero-order valence-corrected chi connectivity index (χ0v) is 18.5. The summed E-state index contributed by atoms with van der Waals surface area (Å²) in [7, 11) is 0. The molecule has 0 amide bonds. The smallest absolute Gasteiger partial charge is 0.421 e. The summed E-state index contributed by atoms with van der Waals surface area (Å²) in [5, 5.41) is 5.66. The maximum atomic E-state index is 13.4. The number of nitrogens with zero attached hydrogens (tertiary/aromatic N) is 2. The number of benzene rings is 2. The molecule has 1 aromatic heterocycles. The van der Waals surface area contributed by atoms with Gasteiger partial charge in [-0.25, -0.2) is 4.98 Å². The Morgan fingerprint density at radius 1 is 0.967 bits per heavy atom. The van der Waals surface area contributed by atoms with Gasteiger partial charge in [0.15, 0.2) is 0 Å². The van der Waals surface area contributed by atoms with Gasteiger partial charge in [-0.1, -0.05) is 13.8 Å². The van der Waals surface area contributed by atoms with E-state index in [0.29, 0.717) is 29.6 Å². The fourth-order valence-electron chi connectivity index (χ4n) is 2.44. The SMILES string of the molecule is CC(C)COc1ccc(Nc2nc(Nc3ccc(I)cc3)ncc2C(F)(F)F)cc1. The average molecular weight is 528 g/mol. The highest BCUT2D eigenvalue weighted by Crippen LogP contribution is 2.35. The molecular formula is C21H20F3IN4O. The van der Waals surface area contributed by atoms with Crippen molar-refractivity contribution in [2.75, 3.05) is 17.2 Å². The summed E-state index contributed by atoms with van der Waals surface area (Å²) in [6, 6.07) is 14.0. The minimum Gasteiger partial charge on any atom is -0.493 e. The summed E-state index contributed by atoms with van der Waals surface area (Å²) in [4.78, 5) is 7.86. The molecule has 3 aromatic rings. The van der Waals surface area contributed by atoms with Gasteiger partial charge in [-0.15, -0.1) is 0 Å². The van der Waals surface area contributed by atoms with E-state index in [2.05, 4.69) is 43.2 Å². The van der Waals surface area contributed by atoms with Crippen LogP contribution >= 0.6 is 22.6 Å². The Labute approximate surface area is 186 Å². The van der Waals surface area contributed by atoms with Gasteiger partial charge in [-0.2, -0.15) is 18.2 Å². The van der Waals surface area contributed by atoms with Gasteiger partial charge in [0.2, 0.25) is 5.95 Å². The maximum Gasteiger partial charge on any atom is 0.421 e. The molecular weight excluding hydrogens is 508 g/mol. The second-order valence-corrected chi connectivity index (χ2v) is 8.19. The van der Waals surface area contributed by atoms with Gasteiger partial charge in [0.1, 0.15) is 17.1 Å². The molecule has 0 fully saturated rings. The standard InChI is InChI=1S/C21H20F3IN4O/c1-13(2)12-30-17-9-7-15(8-10-17)27-19-18(21(22,23)24)11-26-20(29-19)28-16-5-3-14(25)4-6-16/h3-11,13H,12H2,1-2H3,(H2,26,27,28,29). The van der Waals surface area contributed by atoms with Crippen molar-refractivity contribution in [3.8, 4) is 5.75 Å². The number of alkyl halides is 3. The predicted molar refractivity (Wildman–Crippen MR) is 120 cm³/mol. The van der Waals surface area contributed by atoms with Crippen LogP contribution in [0, 0.1) is 9.49 Å². The number of ether oxygens (including phenoxy) is 1. The highest BCUT2D eigenvalue weighted by atomic mass is 127. The van der Waals surface area contributed by atoms with E-state index in [1.807, 2.05) is 26.0 Å². The van der Waals surface area contributed by atoms with Crippen molar-refractivity contribution in [1.29, 1.82) is 0 Å². The van der Waals surface area contributed by atoms with E-state index < -0.39 is 11.7 Å². The summed E-state index contributed by atoms with van der Waals surface area (Å²) in [6.07, 6.45) is -3.82. The lowest BCUT2D eigenvalue weighted by atomic mass is 10.2. The number of anilines is 4. The lowest BCUT2D eigenvalue weighted by Crippen LogP contribution is -2.12. The van der Waals surface area contributed by atoms with Gasteiger partial charge < -0.3 is 15.4 Å². The molecule has 0 aliphatic carbocycles. The summed E-state index contributed by atoms with van der Waals surface area (Å²) in [5.41, 5.74) is 0.180. The molecule has 0 saturated heterocycles. The van der Waals surface area contributed by atoms with E-state index in [-0.39, 0.29) is 11.8 Å². The first-order chi connectivity index (χ1) is 14.2. The second-order valence-electron chi connectivity index (χ2n) is 6.94. The van der Waals surface area contributed by atoms with Crippen LogP contribution in [0.15, 0.2) is 54.7 Å². The van der Waals surface area contributed by atoms with Crippen LogP contribution in [-0.2, 0) is 6.18 Å². The molecule has 0 aliphatic rings. The molecule has 5 nitrogen and oxygen atoms in total. The summed E-state index contributed by atoms with van der Waals surface area (Å²) < 4.78 is 46.9. The number of aromatic nitrogens is 2. The molecule has 0 saturated carbocycles. The van der Waals surface area contributed by atoms with Crippen LogP contribution in [0.2, 0.25) is 0 Å². The van der Waals surface area contributed by atoms with E-state index in [4.69, 9.17) is 4.74 Å². The topological polar surface area (TPSA) is 59.1 Å². The van der Waals surface area contributed by atoms with Crippen LogP contribution in [0.1, 0.15) is 19.4 Å².